The maximum absolute atomic E-state index is 12.5. The van der Waals surface area contributed by atoms with E-state index in [0.717, 1.165) is 17.1 Å². The van der Waals surface area contributed by atoms with Gasteiger partial charge in [-0.1, -0.05) is 18.2 Å². The number of aryl methyl sites for hydroxylation is 1. The van der Waals surface area contributed by atoms with Crippen molar-refractivity contribution >= 4 is 17.7 Å². The molecule has 0 bridgehead atoms. The number of nitrogens with one attached hydrogen (secondary N) is 2. The van der Waals surface area contributed by atoms with E-state index in [1.165, 1.54) is 0 Å². The molecule has 0 saturated carbocycles. The summed E-state index contributed by atoms with van der Waals surface area (Å²) in [6, 6.07) is 15.2. The van der Waals surface area contributed by atoms with Gasteiger partial charge < -0.3 is 20.5 Å². The highest BCUT2D eigenvalue weighted by Gasteiger charge is 2.22. The average Bonchev–Trinajstić information content (AvgIpc) is 2.80. The van der Waals surface area contributed by atoms with Crippen LogP contribution in [0.15, 0.2) is 60.8 Å². The molecule has 1 atom stereocenters. The van der Waals surface area contributed by atoms with Gasteiger partial charge in [-0.05, 0) is 48.9 Å². The number of aromatic nitrogens is 2. The molecule has 1 aromatic carbocycles. The van der Waals surface area contributed by atoms with E-state index in [1.807, 2.05) is 25.2 Å². The predicted molar refractivity (Wildman–Crippen MR) is 121 cm³/mol. The molecule has 1 amide bonds. The second-order valence-electron chi connectivity index (χ2n) is 7.21. The van der Waals surface area contributed by atoms with Gasteiger partial charge in [0, 0.05) is 37.5 Å². The first kappa shape index (κ1) is 22.7. The van der Waals surface area contributed by atoms with Gasteiger partial charge >= 0.3 is 5.97 Å². The fraction of sp³-hybridized carbons (Fsp3) is 0.250. The lowest BCUT2D eigenvalue weighted by atomic mass is 10.0. The molecule has 8 heteroatoms. The number of benzene rings is 1. The Morgan fingerprint density at radius 2 is 1.88 bits per heavy atom. The number of nitrogens with zero attached hydrogens (tertiary/aromatic N) is 2. The summed E-state index contributed by atoms with van der Waals surface area (Å²) in [5.74, 6) is -0.0681. The van der Waals surface area contributed by atoms with Crippen LogP contribution in [0.2, 0.25) is 0 Å². The van der Waals surface area contributed by atoms with E-state index in [2.05, 4.69) is 20.6 Å². The Hall–Kier alpha value is -3.94. The fourth-order valence-corrected chi connectivity index (χ4v) is 3.15. The van der Waals surface area contributed by atoms with Crippen molar-refractivity contribution in [2.45, 2.75) is 25.8 Å². The molecule has 166 valence electrons. The Kier molecular flexibility index (Phi) is 7.75. The number of carboxylic acids is 1. The van der Waals surface area contributed by atoms with Gasteiger partial charge in [0.1, 0.15) is 17.6 Å². The van der Waals surface area contributed by atoms with Crippen molar-refractivity contribution in [3.63, 3.8) is 0 Å². The van der Waals surface area contributed by atoms with Crippen molar-refractivity contribution in [3.8, 4) is 5.75 Å². The van der Waals surface area contributed by atoms with Crippen LogP contribution in [0, 0.1) is 6.92 Å². The van der Waals surface area contributed by atoms with Crippen LogP contribution >= 0.6 is 0 Å². The summed E-state index contributed by atoms with van der Waals surface area (Å²) in [6.45, 7) is 2.18. The third-order valence-corrected chi connectivity index (χ3v) is 4.91. The minimum absolute atomic E-state index is 0.154. The van der Waals surface area contributed by atoms with Crippen molar-refractivity contribution in [2.75, 3.05) is 19.0 Å². The number of hydrogen-bond donors (Lipinski definition) is 3. The van der Waals surface area contributed by atoms with Crippen LogP contribution in [-0.2, 0) is 17.6 Å². The van der Waals surface area contributed by atoms with E-state index in [-0.39, 0.29) is 6.42 Å². The Morgan fingerprint density at radius 3 is 2.56 bits per heavy atom. The van der Waals surface area contributed by atoms with Gasteiger partial charge in [-0.2, -0.15) is 0 Å². The monoisotopic (exact) mass is 434 g/mol. The van der Waals surface area contributed by atoms with Crippen LogP contribution in [0.1, 0.15) is 27.3 Å². The Morgan fingerprint density at radius 1 is 1.09 bits per heavy atom. The first-order valence-corrected chi connectivity index (χ1v) is 10.3. The average molecular weight is 434 g/mol. The van der Waals surface area contributed by atoms with Crippen molar-refractivity contribution in [3.05, 3.63) is 83.3 Å². The highest BCUT2D eigenvalue weighted by atomic mass is 16.5. The van der Waals surface area contributed by atoms with Crippen molar-refractivity contribution < 1.29 is 19.4 Å². The molecule has 0 aliphatic rings. The maximum Gasteiger partial charge on any atom is 0.326 e. The molecule has 3 aromatic rings. The normalized spacial score (nSPS) is 11.4. The van der Waals surface area contributed by atoms with Crippen LogP contribution in [-0.4, -0.2) is 46.6 Å². The molecule has 3 N–H and O–H groups in total. The van der Waals surface area contributed by atoms with Gasteiger partial charge in [-0.3, -0.25) is 9.78 Å². The van der Waals surface area contributed by atoms with Crippen molar-refractivity contribution in [1.29, 1.82) is 0 Å². The van der Waals surface area contributed by atoms with E-state index < -0.39 is 17.9 Å². The molecule has 0 saturated heterocycles. The Bertz CT molecular complexity index is 1070. The van der Waals surface area contributed by atoms with Gasteiger partial charge in [0.25, 0.3) is 5.91 Å². The number of carboxylic acid groups (broad SMARTS) is 1. The Labute approximate surface area is 186 Å². The molecular formula is C24H26N4O4. The lowest BCUT2D eigenvalue weighted by molar-refractivity contribution is -0.139. The molecule has 0 radical (unpaired) electrons. The van der Waals surface area contributed by atoms with Crippen LogP contribution in [0.25, 0.3) is 0 Å². The van der Waals surface area contributed by atoms with Crippen LogP contribution in [0.4, 0.5) is 5.82 Å². The quantitative estimate of drug-likeness (QED) is 0.450. The minimum Gasteiger partial charge on any atom is -0.493 e. The molecule has 0 aliphatic heterocycles. The van der Waals surface area contributed by atoms with Crippen molar-refractivity contribution in [2.24, 2.45) is 0 Å². The molecule has 0 unspecified atom stereocenters. The number of carbonyl (C=O) groups excluding carboxylic acids is 1. The molecule has 0 aliphatic carbocycles. The van der Waals surface area contributed by atoms with Gasteiger partial charge in [-0.25, -0.2) is 9.78 Å². The summed E-state index contributed by atoms with van der Waals surface area (Å²) in [5.41, 5.74) is 2.61. The molecular weight excluding hydrogens is 408 g/mol. The number of ether oxygens (including phenoxy) is 1. The molecule has 2 heterocycles. The van der Waals surface area contributed by atoms with Crippen LogP contribution < -0.4 is 15.4 Å². The smallest absolute Gasteiger partial charge is 0.326 e. The molecule has 8 nitrogen and oxygen atoms in total. The highest BCUT2D eigenvalue weighted by molar-refractivity contribution is 5.97. The second-order valence-corrected chi connectivity index (χ2v) is 7.21. The lowest BCUT2D eigenvalue weighted by Gasteiger charge is -2.15. The number of anilines is 1. The molecule has 2 aromatic heterocycles. The summed E-state index contributed by atoms with van der Waals surface area (Å²) >= 11 is 0. The third-order valence-electron chi connectivity index (χ3n) is 4.91. The molecule has 0 fully saturated rings. The third kappa shape index (κ3) is 6.28. The molecule has 3 rings (SSSR count). The lowest BCUT2D eigenvalue weighted by Crippen LogP contribution is -2.42. The highest BCUT2D eigenvalue weighted by Crippen LogP contribution is 2.15. The zero-order valence-electron chi connectivity index (χ0n) is 18.0. The number of hydrogen-bond acceptors (Lipinski definition) is 6. The van der Waals surface area contributed by atoms with Crippen LogP contribution in [0.3, 0.4) is 0 Å². The van der Waals surface area contributed by atoms with Crippen molar-refractivity contribution in [1.82, 2.24) is 15.3 Å². The topological polar surface area (TPSA) is 113 Å². The largest absolute Gasteiger partial charge is 0.493 e. The number of pyridine rings is 2. The summed E-state index contributed by atoms with van der Waals surface area (Å²) in [5, 5.41) is 15.1. The Balaban J connectivity index is 1.55. The molecule has 0 spiro atoms. The minimum atomic E-state index is -1.10. The first-order chi connectivity index (χ1) is 15.5. The second kappa shape index (κ2) is 10.9. The predicted octanol–water partition coefficient (Wildman–Crippen LogP) is 2.87. The zero-order chi connectivity index (χ0) is 22.9. The van der Waals surface area contributed by atoms with E-state index in [0.29, 0.717) is 30.0 Å². The fourth-order valence-electron chi connectivity index (χ4n) is 3.15. The van der Waals surface area contributed by atoms with E-state index in [9.17, 15) is 14.7 Å². The van der Waals surface area contributed by atoms with Gasteiger partial charge in [0.15, 0.2) is 0 Å². The van der Waals surface area contributed by atoms with E-state index >= 15 is 0 Å². The summed E-state index contributed by atoms with van der Waals surface area (Å²) in [7, 11) is 1.82. The van der Waals surface area contributed by atoms with E-state index in [4.69, 9.17) is 4.74 Å². The standard InChI is InChI=1S/C24H26N4O4/c1-16-20(6-4-13-26-16)23(29)28-21(24(30)31)15-17-8-10-19(11-9-17)32-14-12-18-5-3-7-22(25-2)27-18/h3-11,13,21H,12,14-15H2,1-2H3,(H,25,27)(H,28,29)(H,30,31)/t21-/m0/s1. The first-order valence-electron chi connectivity index (χ1n) is 10.3. The molecule has 32 heavy (non-hydrogen) atoms. The zero-order valence-corrected chi connectivity index (χ0v) is 18.0. The van der Waals surface area contributed by atoms with Crippen LogP contribution in [0.5, 0.6) is 5.75 Å². The number of aliphatic carboxylic acids is 1. The summed E-state index contributed by atoms with van der Waals surface area (Å²) < 4.78 is 5.77. The summed E-state index contributed by atoms with van der Waals surface area (Å²) in [6.07, 6.45) is 2.40. The van der Waals surface area contributed by atoms with Gasteiger partial charge in [0.2, 0.25) is 0 Å². The maximum atomic E-state index is 12.5. The van der Waals surface area contributed by atoms with Gasteiger partial charge in [-0.15, -0.1) is 0 Å². The summed E-state index contributed by atoms with van der Waals surface area (Å²) in [4.78, 5) is 32.7. The SMILES string of the molecule is CNc1cccc(CCOc2ccc(C[C@H](NC(=O)c3cccnc3C)C(=O)O)cc2)n1. The number of carbonyl (C=O) groups is 2. The number of amides is 1. The number of rotatable bonds is 10. The van der Waals surface area contributed by atoms with Gasteiger partial charge in [0.05, 0.1) is 12.2 Å². The van der Waals surface area contributed by atoms with E-state index in [1.54, 1.807) is 49.5 Å².